The third-order valence-electron chi connectivity index (χ3n) is 5.98. The molecule has 0 bridgehead atoms. The smallest absolute Gasteiger partial charge is 0.481 e. The first-order valence-corrected chi connectivity index (χ1v) is 14.0. The molecular formula is C31H33F3N4O6S. The minimum absolute atomic E-state index is 0.223. The molecule has 45 heavy (non-hydrogen) atoms. The molecule has 0 aromatic heterocycles. The van der Waals surface area contributed by atoms with Crippen molar-refractivity contribution < 1.29 is 42.6 Å². The Labute approximate surface area is 263 Å². The standard InChI is InChI=1S/C29H32N4O4S.C2HF3O2/c34-26(12-7-17-30-29(38)32-19-21-8-3-1-4-9-21)31-20-27(35)33-25(18-28(36)37)24-15-13-23(14-16-24)22-10-5-2-6-11-22;3-2(4,5)1(6)7/h1-6,8-11,13-16,25H,7,12,17-20H2,(H,31,34)(H,33,35)(H,36,37)(H2,30,32,38);(H,6,7). The highest BCUT2D eigenvalue weighted by Crippen LogP contribution is 2.23. The molecule has 0 saturated heterocycles. The number of carboxylic acids is 2. The van der Waals surface area contributed by atoms with Crippen molar-refractivity contribution in [3.8, 4) is 11.1 Å². The highest BCUT2D eigenvalue weighted by Gasteiger charge is 2.38. The molecule has 0 fully saturated rings. The molecule has 1 unspecified atom stereocenters. The summed E-state index contributed by atoms with van der Waals surface area (Å²) in [6.07, 6.45) is -4.59. The molecule has 1 atom stereocenters. The van der Waals surface area contributed by atoms with Crippen molar-refractivity contribution in [2.75, 3.05) is 13.1 Å². The number of hydrogen-bond acceptors (Lipinski definition) is 5. The molecule has 3 rings (SSSR count). The molecular weight excluding hydrogens is 613 g/mol. The summed E-state index contributed by atoms with van der Waals surface area (Å²) >= 11 is 5.24. The van der Waals surface area contributed by atoms with Crippen molar-refractivity contribution in [1.29, 1.82) is 0 Å². The quantitative estimate of drug-likeness (QED) is 0.118. The second-order valence-electron chi connectivity index (χ2n) is 9.48. The van der Waals surface area contributed by atoms with E-state index in [2.05, 4.69) is 21.3 Å². The Hall–Kier alpha value is -4.98. The third-order valence-corrected chi connectivity index (χ3v) is 6.27. The average molecular weight is 647 g/mol. The van der Waals surface area contributed by atoms with E-state index in [1.54, 1.807) is 12.1 Å². The van der Waals surface area contributed by atoms with Crippen LogP contribution in [-0.4, -0.2) is 58.3 Å². The van der Waals surface area contributed by atoms with Crippen LogP contribution in [0.4, 0.5) is 13.2 Å². The van der Waals surface area contributed by atoms with Crippen LogP contribution in [0.25, 0.3) is 11.1 Å². The van der Waals surface area contributed by atoms with Gasteiger partial charge in [-0.15, -0.1) is 0 Å². The summed E-state index contributed by atoms with van der Waals surface area (Å²) in [6.45, 7) is 0.893. The highest BCUT2D eigenvalue weighted by molar-refractivity contribution is 7.80. The minimum Gasteiger partial charge on any atom is -0.481 e. The number of amides is 2. The van der Waals surface area contributed by atoms with Crippen LogP contribution < -0.4 is 21.3 Å². The van der Waals surface area contributed by atoms with Gasteiger partial charge in [0, 0.05) is 19.5 Å². The second kappa shape index (κ2) is 18.6. The number of carbonyl (C=O) groups excluding carboxylic acids is 2. The van der Waals surface area contributed by atoms with Gasteiger partial charge >= 0.3 is 18.1 Å². The third kappa shape index (κ3) is 14.8. The molecule has 3 aromatic carbocycles. The lowest BCUT2D eigenvalue weighted by molar-refractivity contribution is -0.192. The fourth-order valence-corrected chi connectivity index (χ4v) is 3.94. The lowest BCUT2D eigenvalue weighted by atomic mass is 9.99. The summed E-state index contributed by atoms with van der Waals surface area (Å²) in [5, 5.41) is 28.4. The zero-order valence-electron chi connectivity index (χ0n) is 24.0. The average Bonchev–Trinajstić information content (AvgIpc) is 3.01. The molecule has 0 saturated carbocycles. The van der Waals surface area contributed by atoms with E-state index in [9.17, 15) is 32.7 Å². The lowest BCUT2D eigenvalue weighted by Gasteiger charge is -2.18. The molecule has 0 aliphatic carbocycles. The predicted octanol–water partition coefficient (Wildman–Crippen LogP) is 4.18. The van der Waals surface area contributed by atoms with Crippen molar-refractivity contribution in [2.24, 2.45) is 0 Å². The topological polar surface area (TPSA) is 157 Å². The second-order valence-corrected chi connectivity index (χ2v) is 9.89. The maximum atomic E-state index is 12.5. The van der Waals surface area contributed by atoms with Crippen LogP contribution in [0.3, 0.4) is 0 Å². The minimum atomic E-state index is -5.08. The Balaban J connectivity index is 0.000000900. The molecule has 2 amide bonds. The van der Waals surface area contributed by atoms with Crippen LogP contribution in [0.5, 0.6) is 0 Å². The number of aliphatic carboxylic acids is 2. The van der Waals surface area contributed by atoms with E-state index in [0.29, 0.717) is 30.2 Å². The van der Waals surface area contributed by atoms with Gasteiger partial charge in [0.2, 0.25) is 11.8 Å². The van der Waals surface area contributed by atoms with E-state index in [0.717, 1.165) is 16.7 Å². The van der Waals surface area contributed by atoms with Crippen LogP contribution in [0.2, 0.25) is 0 Å². The van der Waals surface area contributed by atoms with Gasteiger partial charge in [-0.25, -0.2) is 4.79 Å². The normalized spacial score (nSPS) is 11.2. The van der Waals surface area contributed by atoms with Gasteiger partial charge in [-0.2, -0.15) is 13.2 Å². The van der Waals surface area contributed by atoms with Crippen LogP contribution in [0.15, 0.2) is 84.9 Å². The Morgan fingerprint density at radius 1 is 0.756 bits per heavy atom. The largest absolute Gasteiger partial charge is 0.490 e. The predicted molar refractivity (Wildman–Crippen MR) is 165 cm³/mol. The molecule has 240 valence electrons. The Kier molecular flexibility index (Phi) is 15.0. The van der Waals surface area contributed by atoms with Crippen molar-refractivity contribution >= 4 is 41.1 Å². The fraction of sp³-hybridized carbons (Fsp3) is 0.258. The molecule has 0 aliphatic heterocycles. The number of rotatable bonds is 13. The number of nitrogens with one attached hydrogen (secondary N) is 4. The molecule has 0 radical (unpaired) electrons. The van der Waals surface area contributed by atoms with Gasteiger partial charge in [0.1, 0.15) is 0 Å². The van der Waals surface area contributed by atoms with Gasteiger partial charge in [0.05, 0.1) is 19.0 Å². The van der Waals surface area contributed by atoms with E-state index >= 15 is 0 Å². The molecule has 0 spiro atoms. The van der Waals surface area contributed by atoms with Crippen LogP contribution in [-0.2, 0) is 25.7 Å². The van der Waals surface area contributed by atoms with Gasteiger partial charge in [0.25, 0.3) is 0 Å². The first-order chi connectivity index (χ1) is 21.3. The van der Waals surface area contributed by atoms with Gasteiger partial charge in [-0.3, -0.25) is 14.4 Å². The zero-order chi connectivity index (χ0) is 33.2. The number of carboxylic acid groups (broad SMARTS) is 2. The summed E-state index contributed by atoms with van der Waals surface area (Å²) in [7, 11) is 0. The first-order valence-electron chi connectivity index (χ1n) is 13.6. The van der Waals surface area contributed by atoms with E-state index in [-0.39, 0.29) is 25.3 Å². The van der Waals surface area contributed by atoms with Crippen molar-refractivity contribution in [2.45, 2.75) is 38.0 Å². The van der Waals surface area contributed by atoms with Crippen LogP contribution in [0.1, 0.15) is 36.4 Å². The van der Waals surface area contributed by atoms with Gasteiger partial charge < -0.3 is 31.5 Å². The van der Waals surface area contributed by atoms with E-state index < -0.39 is 30.1 Å². The van der Waals surface area contributed by atoms with Gasteiger partial charge in [-0.1, -0.05) is 84.9 Å². The summed E-state index contributed by atoms with van der Waals surface area (Å²) in [6, 6.07) is 26.4. The van der Waals surface area contributed by atoms with Crippen molar-refractivity contribution in [3.63, 3.8) is 0 Å². The number of hydrogen-bond donors (Lipinski definition) is 6. The van der Waals surface area contributed by atoms with E-state index in [1.807, 2.05) is 72.8 Å². The van der Waals surface area contributed by atoms with Crippen LogP contribution in [0, 0.1) is 0 Å². The van der Waals surface area contributed by atoms with Crippen LogP contribution >= 0.6 is 12.2 Å². The lowest BCUT2D eigenvalue weighted by Crippen LogP contribution is -2.39. The molecule has 6 N–H and O–H groups in total. The SMILES string of the molecule is O=C(O)C(F)(F)F.O=C(O)CC(NC(=O)CNC(=O)CCCNC(=S)NCc1ccccc1)c1ccc(-c2ccccc2)cc1. The van der Waals surface area contributed by atoms with Gasteiger partial charge in [-0.05, 0) is 40.9 Å². The highest BCUT2D eigenvalue weighted by atomic mass is 32.1. The molecule has 0 aliphatic rings. The molecule has 14 heteroatoms. The number of thiocarbonyl (C=S) groups is 1. The summed E-state index contributed by atoms with van der Waals surface area (Å²) in [5.41, 5.74) is 3.82. The maximum absolute atomic E-state index is 12.5. The van der Waals surface area contributed by atoms with Crippen molar-refractivity contribution in [1.82, 2.24) is 21.3 Å². The Morgan fingerprint density at radius 3 is 1.87 bits per heavy atom. The summed E-state index contributed by atoms with van der Waals surface area (Å²) in [5.74, 6) is -4.52. The number of alkyl halides is 3. The number of halogens is 3. The molecule has 3 aromatic rings. The van der Waals surface area contributed by atoms with Crippen molar-refractivity contribution in [3.05, 3.63) is 96.1 Å². The van der Waals surface area contributed by atoms with E-state index in [4.69, 9.17) is 22.1 Å². The fourth-order valence-electron chi connectivity index (χ4n) is 3.77. The molecule has 0 heterocycles. The number of benzene rings is 3. The maximum Gasteiger partial charge on any atom is 0.490 e. The first kappa shape index (κ1) is 36.2. The van der Waals surface area contributed by atoms with E-state index in [1.165, 1.54) is 0 Å². The monoisotopic (exact) mass is 646 g/mol. The Bertz CT molecular complexity index is 1410. The summed E-state index contributed by atoms with van der Waals surface area (Å²) < 4.78 is 31.7. The zero-order valence-corrected chi connectivity index (χ0v) is 24.8. The number of carbonyl (C=O) groups is 4. The molecule has 10 nitrogen and oxygen atoms in total. The summed E-state index contributed by atoms with van der Waals surface area (Å²) in [4.78, 5) is 44.9. The Morgan fingerprint density at radius 2 is 1.31 bits per heavy atom. The van der Waals surface area contributed by atoms with Gasteiger partial charge in [0.15, 0.2) is 5.11 Å².